The molecule has 1 aromatic heterocycles. The quantitative estimate of drug-likeness (QED) is 0.253. The molecule has 184 valence electrons. The minimum absolute atomic E-state index is 0.0838. The molecule has 0 fully saturated rings. The number of aryl methyl sites for hydroxylation is 5. The maximum absolute atomic E-state index is 5.42. The molecule has 2 nitrogen and oxygen atoms in total. The average molecular weight is 476 g/mol. The van der Waals surface area contributed by atoms with Crippen molar-refractivity contribution >= 4 is 0 Å². The molecule has 0 N–H and O–H groups in total. The topological polar surface area (TPSA) is 16.8 Å². The summed E-state index contributed by atoms with van der Waals surface area (Å²) in [5, 5.41) is 0. The van der Waals surface area contributed by atoms with Crippen LogP contribution in [0.1, 0.15) is 73.1 Å². The van der Waals surface area contributed by atoms with E-state index in [4.69, 9.17) is 4.98 Å². The highest BCUT2D eigenvalue weighted by molar-refractivity contribution is 5.85. The van der Waals surface area contributed by atoms with Crippen molar-refractivity contribution < 1.29 is 4.57 Å². The lowest BCUT2D eigenvalue weighted by Crippen LogP contribution is -2.61. The summed E-state index contributed by atoms with van der Waals surface area (Å²) in [6.07, 6.45) is 5.75. The fraction of sp³-hybridized carbons (Fsp3) is 0.353. The van der Waals surface area contributed by atoms with E-state index in [0.717, 1.165) is 30.7 Å². The van der Waals surface area contributed by atoms with Crippen LogP contribution in [-0.4, -0.2) is 4.98 Å². The van der Waals surface area contributed by atoms with E-state index in [-0.39, 0.29) is 5.54 Å². The Hall–Kier alpha value is -3.26. The predicted octanol–water partition coefficient (Wildman–Crippen LogP) is 8.22. The maximum Gasteiger partial charge on any atom is 0.240 e. The van der Waals surface area contributed by atoms with Crippen LogP contribution >= 0.6 is 0 Å². The second-order valence-corrected chi connectivity index (χ2v) is 10.2. The zero-order valence-electron chi connectivity index (χ0n) is 23.2. The minimum Gasteiger partial charge on any atom is -0.234 e. The van der Waals surface area contributed by atoms with E-state index in [9.17, 15) is 0 Å². The van der Waals surface area contributed by atoms with E-state index in [1.165, 1.54) is 55.8 Å². The van der Waals surface area contributed by atoms with Crippen molar-refractivity contribution in [3.8, 4) is 33.8 Å². The van der Waals surface area contributed by atoms with E-state index < -0.39 is 0 Å². The minimum atomic E-state index is 0.0838. The van der Waals surface area contributed by atoms with Gasteiger partial charge in [-0.05, 0) is 74.6 Å². The number of hydrogen-bond acceptors (Lipinski definition) is 1. The van der Waals surface area contributed by atoms with Crippen LogP contribution in [0.25, 0.3) is 33.8 Å². The molecule has 36 heavy (non-hydrogen) atoms. The summed E-state index contributed by atoms with van der Waals surface area (Å²) in [6, 6.07) is 18.4. The molecule has 0 saturated carbocycles. The molecule has 2 aliphatic heterocycles. The third-order valence-corrected chi connectivity index (χ3v) is 7.90. The molecular formula is C34H39N2+. The third-order valence-electron chi connectivity index (χ3n) is 7.90. The Morgan fingerprint density at radius 1 is 0.806 bits per heavy atom. The predicted molar refractivity (Wildman–Crippen MR) is 151 cm³/mol. The number of nitrogens with zero attached hydrogens (tertiary/aromatic N) is 2. The lowest BCUT2D eigenvalue weighted by molar-refractivity contribution is -0.743. The van der Waals surface area contributed by atoms with Gasteiger partial charge in [0.05, 0.1) is 5.56 Å². The second kappa shape index (κ2) is 9.00. The van der Waals surface area contributed by atoms with Gasteiger partial charge in [0.1, 0.15) is 11.4 Å². The molecule has 0 radical (unpaired) electrons. The normalized spacial score (nSPS) is 17.2. The fourth-order valence-electron chi connectivity index (χ4n) is 6.75. The van der Waals surface area contributed by atoms with E-state index in [0.29, 0.717) is 0 Å². The first kappa shape index (κ1) is 24.4. The van der Waals surface area contributed by atoms with Crippen LogP contribution in [0.5, 0.6) is 0 Å². The van der Waals surface area contributed by atoms with Gasteiger partial charge in [0.15, 0.2) is 11.7 Å². The Labute approximate surface area is 217 Å². The molecule has 1 atom stereocenters. The summed E-state index contributed by atoms with van der Waals surface area (Å²) >= 11 is 0. The molecule has 3 aromatic carbocycles. The molecule has 2 heteroatoms. The monoisotopic (exact) mass is 475 g/mol. The van der Waals surface area contributed by atoms with Crippen LogP contribution in [-0.2, 0) is 18.4 Å². The van der Waals surface area contributed by atoms with Gasteiger partial charge in [-0.15, -0.1) is 0 Å². The highest BCUT2D eigenvalue weighted by Gasteiger charge is 2.60. The lowest BCUT2D eigenvalue weighted by atomic mass is 9.67. The SMILES string of the molecule is CC.CC.Cc1cc(C)cc(-c2nc3c[n+]4c2-c2cc(C)cc5c2C4(CCc2cccc(C)c2-3)C5)c1. The van der Waals surface area contributed by atoms with Gasteiger partial charge in [0.25, 0.3) is 0 Å². The van der Waals surface area contributed by atoms with Gasteiger partial charge in [-0.2, -0.15) is 4.57 Å². The number of benzene rings is 3. The molecule has 0 saturated heterocycles. The molecule has 1 aliphatic carbocycles. The van der Waals surface area contributed by atoms with Crippen molar-refractivity contribution in [3.05, 3.63) is 93.7 Å². The van der Waals surface area contributed by atoms with Crippen LogP contribution in [0.4, 0.5) is 0 Å². The summed E-state index contributed by atoms with van der Waals surface area (Å²) in [4.78, 5) is 5.42. The summed E-state index contributed by atoms with van der Waals surface area (Å²) in [7, 11) is 0. The molecule has 1 spiro atoms. The number of aromatic nitrogens is 2. The number of hydrogen-bond donors (Lipinski definition) is 0. The molecule has 3 aliphatic rings. The van der Waals surface area contributed by atoms with Crippen molar-refractivity contribution in [3.63, 3.8) is 0 Å². The smallest absolute Gasteiger partial charge is 0.234 e. The molecule has 4 aromatic rings. The van der Waals surface area contributed by atoms with E-state index in [1.54, 1.807) is 5.56 Å². The van der Waals surface area contributed by atoms with Gasteiger partial charge in [0, 0.05) is 29.5 Å². The Kier molecular flexibility index (Phi) is 6.11. The standard InChI is InChI=1S/C30H27N2.2C2H6/c1-17-10-18(2)12-22(11-17)28-29-24-14-19(3)13-23-15-30(27(23)24)9-8-21-7-5-6-20(4)26(21)25(31-28)16-32(29)30;2*1-2/h5-7,10-14,16H,8-9,15H2,1-4H3;2*1-2H3/q+1;;. The number of fused-ring (bicyclic) bond motifs is 4. The van der Waals surface area contributed by atoms with Crippen molar-refractivity contribution in [2.75, 3.05) is 0 Å². The molecular weight excluding hydrogens is 436 g/mol. The van der Waals surface area contributed by atoms with E-state index >= 15 is 0 Å². The zero-order valence-corrected chi connectivity index (χ0v) is 23.2. The Bertz CT molecular complexity index is 1470. The van der Waals surface area contributed by atoms with E-state index in [1.807, 2.05) is 27.7 Å². The van der Waals surface area contributed by atoms with Gasteiger partial charge in [-0.25, -0.2) is 4.98 Å². The van der Waals surface area contributed by atoms with Crippen LogP contribution < -0.4 is 4.57 Å². The molecule has 2 bridgehead atoms. The van der Waals surface area contributed by atoms with Crippen molar-refractivity contribution in [2.45, 2.75) is 80.2 Å². The molecule has 0 amide bonds. The summed E-state index contributed by atoms with van der Waals surface area (Å²) < 4.78 is 2.62. The fourth-order valence-corrected chi connectivity index (χ4v) is 6.75. The number of rotatable bonds is 1. The second-order valence-electron chi connectivity index (χ2n) is 10.2. The average Bonchev–Trinajstić information content (AvgIpc) is 3.08. The molecule has 3 heterocycles. The van der Waals surface area contributed by atoms with E-state index in [2.05, 4.69) is 87.0 Å². The highest BCUT2D eigenvalue weighted by atomic mass is 15.1. The van der Waals surface area contributed by atoms with Gasteiger partial charge in [-0.1, -0.05) is 69.2 Å². The Morgan fingerprint density at radius 2 is 1.50 bits per heavy atom. The first-order valence-electron chi connectivity index (χ1n) is 13.7. The first-order valence-corrected chi connectivity index (χ1v) is 13.7. The Morgan fingerprint density at radius 3 is 2.22 bits per heavy atom. The lowest BCUT2D eigenvalue weighted by Gasteiger charge is -2.37. The molecule has 7 rings (SSSR count). The summed E-state index contributed by atoms with van der Waals surface area (Å²) in [5.74, 6) is 0. The van der Waals surface area contributed by atoms with Gasteiger partial charge < -0.3 is 0 Å². The van der Waals surface area contributed by atoms with Crippen LogP contribution in [0, 0.1) is 27.7 Å². The first-order chi connectivity index (χ1) is 17.4. The summed E-state index contributed by atoms with van der Waals surface area (Å²) in [6.45, 7) is 16.8. The largest absolute Gasteiger partial charge is 0.240 e. The van der Waals surface area contributed by atoms with Gasteiger partial charge in [-0.3, -0.25) is 0 Å². The third kappa shape index (κ3) is 3.38. The van der Waals surface area contributed by atoms with Gasteiger partial charge in [0.2, 0.25) is 5.69 Å². The van der Waals surface area contributed by atoms with Crippen molar-refractivity contribution in [1.82, 2.24) is 4.98 Å². The van der Waals surface area contributed by atoms with Crippen molar-refractivity contribution in [2.24, 2.45) is 0 Å². The van der Waals surface area contributed by atoms with Crippen LogP contribution in [0.2, 0.25) is 0 Å². The summed E-state index contributed by atoms with van der Waals surface area (Å²) in [5.41, 5.74) is 17.4. The maximum atomic E-state index is 5.42. The Balaban J connectivity index is 0.000000637. The van der Waals surface area contributed by atoms with Gasteiger partial charge >= 0.3 is 0 Å². The van der Waals surface area contributed by atoms with Crippen molar-refractivity contribution in [1.29, 1.82) is 0 Å². The zero-order chi connectivity index (χ0) is 25.8. The van der Waals surface area contributed by atoms with Crippen LogP contribution in [0.3, 0.4) is 0 Å². The van der Waals surface area contributed by atoms with Crippen LogP contribution in [0.15, 0.2) is 54.7 Å². The highest BCUT2D eigenvalue weighted by Crippen LogP contribution is 2.54. The molecule has 1 unspecified atom stereocenters.